The van der Waals surface area contributed by atoms with Gasteiger partial charge in [0.05, 0.1) is 12.7 Å². The minimum Gasteiger partial charge on any atom is -0.374 e. The molecule has 0 radical (unpaired) electrons. The van der Waals surface area contributed by atoms with E-state index < -0.39 is 0 Å². The summed E-state index contributed by atoms with van der Waals surface area (Å²) < 4.78 is 6.31. The molecule has 4 rings (SSSR count). The molecule has 2 unspecified atom stereocenters. The Morgan fingerprint density at radius 3 is 2.64 bits per heavy atom. The van der Waals surface area contributed by atoms with Crippen LogP contribution in [0.1, 0.15) is 91.9 Å². The zero-order chi connectivity index (χ0) is 17.7. The fraction of sp³-hybridized carbons (Fsp3) is 0.917. The molecule has 4 aliphatic rings. The first-order chi connectivity index (χ1) is 11.9. The first-order valence-corrected chi connectivity index (χ1v) is 11.2. The summed E-state index contributed by atoms with van der Waals surface area (Å²) in [6.07, 6.45) is 17.5. The predicted molar refractivity (Wildman–Crippen MR) is 106 cm³/mol. The van der Waals surface area contributed by atoms with Crippen LogP contribution in [0.3, 0.4) is 0 Å². The highest BCUT2D eigenvalue weighted by Crippen LogP contribution is 2.66. The van der Waals surface area contributed by atoms with Crippen LogP contribution in [0.15, 0.2) is 11.6 Å². The molecule has 0 N–H and O–H groups in total. The van der Waals surface area contributed by atoms with E-state index in [4.69, 9.17) is 4.74 Å². The lowest BCUT2D eigenvalue weighted by Gasteiger charge is -2.60. The standard InChI is InChI=1S/C24H40O/c1-17(2)11-14-25-19-15-22-20-9-8-18-7-5-6-12-24(18,4)21(20)10-13-23(22,3)16-19/h11,18-22H,5-10,12-16H2,1-4H3/t18?,19?,20-,21-,22+,23-,24+/m1/s1. The van der Waals surface area contributed by atoms with Gasteiger partial charge in [-0.2, -0.15) is 0 Å². The van der Waals surface area contributed by atoms with Gasteiger partial charge in [-0.3, -0.25) is 0 Å². The van der Waals surface area contributed by atoms with Crippen LogP contribution in [0.25, 0.3) is 0 Å². The molecule has 0 aromatic rings. The van der Waals surface area contributed by atoms with Crippen molar-refractivity contribution in [3.05, 3.63) is 11.6 Å². The maximum Gasteiger partial charge on any atom is 0.0653 e. The highest BCUT2D eigenvalue weighted by Gasteiger charge is 2.58. The minimum absolute atomic E-state index is 0.515. The molecule has 7 atom stereocenters. The molecular formula is C24H40O. The fourth-order valence-corrected chi connectivity index (χ4v) is 7.77. The van der Waals surface area contributed by atoms with Crippen molar-refractivity contribution in [1.29, 1.82) is 0 Å². The molecule has 1 heteroatoms. The van der Waals surface area contributed by atoms with Gasteiger partial charge in [-0.05, 0) is 99.7 Å². The van der Waals surface area contributed by atoms with Crippen molar-refractivity contribution >= 4 is 0 Å². The van der Waals surface area contributed by atoms with Gasteiger partial charge < -0.3 is 4.74 Å². The number of allylic oxidation sites excluding steroid dienone is 1. The van der Waals surface area contributed by atoms with Crippen LogP contribution in [0.2, 0.25) is 0 Å². The second kappa shape index (κ2) is 6.70. The molecule has 25 heavy (non-hydrogen) atoms. The Morgan fingerprint density at radius 1 is 1.00 bits per heavy atom. The van der Waals surface area contributed by atoms with Crippen LogP contribution >= 0.6 is 0 Å². The van der Waals surface area contributed by atoms with Gasteiger partial charge in [0.1, 0.15) is 0 Å². The lowest BCUT2D eigenvalue weighted by molar-refractivity contribution is -0.103. The molecule has 0 heterocycles. The second-order valence-electron chi connectivity index (χ2n) is 10.8. The van der Waals surface area contributed by atoms with Crippen LogP contribution in [-0.4, -0.2) is 12.7 Å². The molecule has 1 nitrogen and oxygen atoms in total. The number of hydrogen-bond acceptors (Lipinski definition) is 1. The third-order valence-corrected chi connectivity index (χ3v) is 9.14. The van der Waals surface area contributed by atoms with E-state index in [-0.39, 0.29) is 0 Å². The van der Waals surface area contributed by atoms with E-state index in [9.17, 15) is 0 Å². The van der Waals surface area contributed by atoms with Crippen LogP contribution in [0, 0.1) is 34.5 Å². The van der Waals surface area contributed by atoms with E-state index in [1.165, 1.54) is 69.8 Å². The van der Waals surface area contributed by atoms with E-state index >= 15 is 0 Å². The summed E-state index contributed by atoms with van der Waals surface area (Å²) in [6, 6.07) is 0. The summed E-state index contributed by atoms with van der Waals surface area (Å²) in [5.74, 6) is 3.98. The maximum atomic E-state index is 6.31. The first-order valence-electron chi connectivity index (χ1n) is 11.2. The molecule has 0 spiro atoms. The molecule has 0 aliphatic heterocycles. The Balaban J connectivity index is 1.48. The van der Waals surface area contributed by atoms with Gasteiger partial charge in [0.25, 0.3) is 0 Å². The van der Waals surface area contributed by atoms with Crippen molar-refractivity contribution in [3.8, 4) is 0 Å². The lowest BCUT2D eigenvalue weighted by Crippen LogP contribution is -2.51. The third kappa shape index (κ3) is 3.13. The molecule has 0 bridgehead atoms. The molecule has 142 valence electrons. The number of rotatable bonds is 3. The third-order valence-electron chi connectivity index (χ3n) is 9.14. The van der Waals surface area contributed by atoms with Crippen LogP contribution in [0.5, 0.6) is 0 Å². The Morgan fingerprint density at radius 2 is 1.84 bits per heavy atom. The lowest BCUT2D eigenvalue weighted by atomic mass is 9.45. The van der Waals surface area contributed by atoms with E-state index in [0.29, 0.717) is 16.9 Å². The summed E-state index contributed by atoms with van der Waals surface area (Å²) >= 11 is 0. The van der Waals surface area contributed by atoms with Gasteiger partial charge in [-0.25, -0.2) is 0 Å². The number of fused-ring (bicyclic) bond motifs is 5. The first kappa shape index (κ1) is 18.1. The van der Waals surface area contributed by atoms with Crippen molar-refractivity contribution in [2.45, 2.75) is 98.0 Å². The minimum atomic E-state index is 0.515. The van der Waals surface area contributed by atoms with Crippen molar-refractivity contribution < 1.29 is 4.74 Å². The average Bonchev–Trinajstić information content (AvgIpc) is 2.90. The average molecular weight is 345 g/mol. The molecule has 0 saturated heterocycles. The molecule has 4 aliphatic carbocycles. The second-order valence-corrected chi connectivity index (χ2v) is 10.8. The summed E-state index contributed by atoms with van der Waals surface area (Å²) in [5, 5.41) is 0. The Kier molecular flexibility index (Phi) is 4.84. The quantitative estimate of drug-likeness (QED) is 0.513. The van der Waals surface area contributed by atoms with Gasteiger partial charge in [-0.1, -0.05) is 38.3 Å². The van der Waals surface area contributed by atoms with Crippen molar-refractivity contribution in [1.82, 2.24) is 0 Å². The monoisotopic (exact) mass is 344 g/mol. The molecular weight excluding hydrogens is 304 g/mol. The van der Waals surface area contributed by atoms with Crippen molar-refractivity contribution in [2.75, 3.05) is 6.61 Å². The van der Waals surface area contributed by atoms with E-state index in [2.05, 4.69) is 33.8 Å². The predicted octanol–water partition coefficient (Wildman–Crippen LogP) is 6.77. The fourth-order valence-electron chi connectivity index (χ4n) is 7.77. The number of hydrogen-bond donors (Lipinski definition) is 0. The van der Waals surface area contributed by atoms with E-state index in [1.807, 2.05) is 0 Å². The topological polar surface area (TPSA) is 9.23 Å². The summed E-state index contributed by atoms with van der Waals surface area (Å²) in [7, 11) is 0. The largest absolute Gasteiger partial charge is 0.374 e. The Hall–Kier alpha value is -0.300. The van der Waals surface area contributed by atoms with E-state index in [0.717, 1.165) is 30.3 Å². The molecule has 0 amide bonds. The van der Waals surface area contributed by atoms with Gasteiger partial charge >= 0.3 is 0 Å². The molecule has 4 fully saturated rings. The molecule has 4 saturated carbocycles. The van der Waals surface area contributed by atoms with Gasteiger partial charge in [0.2, 0.25) is 0 Å². The van der Waals surface area contributed by atoms with Gasteiger partial charge in [0, 0.05) is 0 Å². The van der Waals surface area contributed by atoms with Gasteiger partial charge in [-0.15, -0.1) is 0 Å². The molecule has 0 aromatic carbocycles. The van der Waals surface area contributed by atoms with Crippen molar-refractivity contribution in [3.63, 3.8) is 0 Å². The summed E-state index contributed by atoms with van der Waals surface area (Å²) in [5.41, 5.74) is 2.61. The molecule has 0 aromatic heterocycles. The van der Waals surface area contributed by atoms with Crippen LogP contribution in [0.4, 0.5) is 0 Å². The Labute approximate surface area is 156 Å². The Bertz CT molecular complexity index is 518. The van der Waals surface area contributed by atoms with Gasteiger partial charge in [0.15, 0.2) is 0 Å². The van der Waals surface area contributed by atoms with Crippen LogP contribution in [-0.2, 0) is 4.74 Å². The van der Waals surface area contributed by atoms with Crippen LogP contribution < -0.4 is 0 Å². The highest BCUT2D eigenvalue weighted by molar-refractivity contribution is 5.08. The summed E-state index contributed by atoms with van der Waals surface area (Å²) in [4.78, 5) is 0. The normalized spacial score (nSPS) is 49.0. The zero-order valence-electron chi connectivity index (χ0n) is 17.2. The smallest absolute Gasteiger partial charge is 0.0653 e. The van der Waals surface area contributed by atoms with E-state index in [1.54, 1.807) is 0 Å². The maximum absolute atomic E-state index is 6.31. The number of ether oxygens (including phenoxy) is 1. The van der Waals surface area contributed by atoms with Crippen molar-refractivity contribution in [2.24, 2.45) is 34.5 Å². The zero-order valence-corrected chi connectivity index (χ0v) is 17.2. The highest BCUT2D eigenvalue weighted by atomic mass is 16.5. The SMILES string of the molecule is CC(C)=CCOC1C[C@H]2[C@@H]3CCC4CCCC[C@]4(C)[C@@H]3CC[C@]2(C)C1. The summed E-state index contributed by atoms with van der Waals surface area (Å²) in [6.45, 7) is 10.5.